The predicted octanol–water partition coefficient (Wildman–Crippen LogP) is 4.29. The molecule has 3 rings (SSSR count). The van der Waals surface area contributed by atoms with Gasteiger partial charge in [-0.05, 0) is 72.3 Å². The van der Waals surface area contributed by atoms with Crippen molar-refractivity contribution in [3.8, 4) is 0 Å². The number of fused-ring (bicyclic) bond motifs is 1. The number of aliphatic hydroxyl groups excluding tert-OH is 1. The first kappa shape index (κ1) is 20.4. The third kappa shape index (κ3) is 4.08. The maximum absolute atomic E-state index is 11.4. The highest BCUT2D eigenvalue weighted by Gasteiger charge is 2.36. The third-order valence-corrected chi connectivity index (χ3v) is 6.34. The van der Waals surface area contributed by atoms with Gasteiger partial charge in [0.25, 0.3) is 0 Å². The molecule has 0 saturated heterocycles. The molecule has 0 radical (unpaired) electrons. The van der Waals surface area contributed by atoms with Crippen LogP contribution in [0.4, 0.5) is 0 Å². The second-order valence-electron chi connectivity index (χ2n) is 8.48. The highest BCUT2D eigenvalue weighted by atomic mass is 16.3. The number of ketones is 1. The van der Waals surface area contributed by atoms with Crippen LogP contribution in [-0.4, -0.2) is 28.0 Å². The van der Waals surface area contributed by atoms with Gasteiger partial charge in [0.2, 0.25) is 0 Å². The number of rotatable bonds is 5. The van der Waals surface area contributed by atoms with Gasteiger partial charge >= 0.3 is 0 Å². The van der Waals surface area contributed by atoms with Gasteiger partial charge in [0, 0.05) is 23.8 Å². The summed E-state index contributed by atoms with van der Waals surface area (Å²) in [6.45, 7) is 7.73. The Labute approximate surface area is 167 Å². The number of Topliss-reactive ketones (excluding diaryl/α,β-unsaturated/α-hetero) is 1. The number of carbonyl (C=O) groups is 1. The first-order valence-corrected chi connectivity index (χ1v) is 9.87. The molecular formula is C24H30N2O2. The molecule has 1 aliphatic carbocycles. The second-order valence-corrected chi connectivity index (χ2v) is 8.48. The molecule has 4 nitrogen and oxygen atoms in total. The molecule has 1 heterocycles. The molecule has 1 unspecified atom stereocenters. The molecule has 0 fully saturated rings. The van der Waals surface area contributed by atoms with Crippen LogP contribution in [0.1, 0.15) is 52.0 Å². The summed E-state index contributed by atoms with van der Waals surface area (Å²) in [5.41, 5.74) is 9.49. The van der Waals surface area contributed by atoms with Crippen molar-refractivity contribution >= 4 is 16.6 Å². The molecule has 0 amide bonds. The highest BCUT2D eigenvalue weighted by Crippen LogP contribution is 2.46. The number of benzene rings is 1. The molecule has 28 heavy (non-hydrogen) atoms. The first-order valence-electron chi connectivity index (χ1n) is 9.87. The molecule has 1 aromatic carbocycles. The van der Waals surface area contributed by atoms with E-state index in [1.54, 1.807) is 6.92 Å². The van der Waals surface area contributed by atoms with Crippen molar-refractivity contribution in [1.82, 2.24) is 4.98 Å². The van der Waals surface area contributed by atoms with Crippen LogP contribution in [0.2, 0.25) is 0 Å². The van der Waals surface area contributed by atoms with Gasteiger partial charge in [0.05, 0.1) is 0 Å². The number of pyridine rings is 1. The van der Waals surface area contributed by atoms with Crippen LogP contribution in [0.3, 0.4) is 0 Å². The average molecular weight is 379 g/mol. The monoisotopic (exact) mass is 378 g/mol. The normalized spacial score (nSPS) is 25.3. The van der Waals surface area contributed by atoms with E-state index in [4.69, 9.17) is 5.73 Å². The van der Waals surface area contributed by atoms with E-state index in [9.17, 15) is 9.90 Å². The van der Waals surface area contributed by atoms with Crippen LogP contribution >= 0.6 is 0 Å². The highest BCUT2D eigenvalue weighted by molar-refractivity contribution is 5.83. The number of hydrogen-bond acceptors (Lipinski definition) is 4. The van der Waals surface area contributed by atoms with Crippen LogP contribution < -0.4 is 5.73 Å². The summed E-state index contributed by atoms with van der Waals surface area (Å²) in [5.74, 6) is 0.0943. The molecule has 1 aliphatic rings. The summed E-state index contributed by atoms with van der Waals surface area (Å²) in [6, 6.07) is 8.51. The Hall–Kier alpha value is -2.30. The Bertz CT molecular complexity index is 947. The summed E-state index contributed by atoms with van der Waals surface area (Å²) in [7, 11) is 0. The lowest BCUT2D eigenvalue weighted by Crippen LogP contribution is -2.37. The van der Waals surface area contributed by atoms with Crippen molar-refractivity contribution in [3.63, 3.8) is 0 Å². The van der Waals surface area contributed by atoms with Gasteiger partial charge in [-0.25, -0.2) is 0 Å². The number of hydrogen-bond donors (Lipinski definition) is 2. The van der Waals surface area contributed by atoms with Gasteiger partial charge in [-0.2, -0.15) is 0 Å². The standard InChI is InChI=1S/C24H30N2O2/c1-15(23(28)17(3)27)11-20-7-9-24(4,13-22(20)25)16(2)19-6-5-18-8-10-26-14-21(18)12-19/h5-8,10-12,14,16,22-23,28H,9,13,25H2,1-4H3/b15-11+/t16-,22+,23-,24?/m1/s1. The van der Waals surface area contributed by atoms with E-state index >= 15 is 0 Å². The van der Waals surface area contributed by atoms with E-state index < -0.39 is 6.10 Å². The van der Waals surface area contributed by atoms with Crippen molar-refractivity contribution in [3.05, 3.63) is 65.5 Å². The van der Waals surface area contributed by atoms with E-state index in [-0.39, 0.29) is 17.2 Å². The van der Waals surface area contributed by atoms with Crippen LogP contribution in [-0.2, 0) is 4.79 Å². The maximum Gasteiger partial charge on any atom is 0.162 e. The first-order chi connectivity index (χ1) is 13.2. The van der Waals surface area contributed by atoms with Gasteiger partial charge in [-0.15, -0.1) is 0 Å². The van der Waals surface area contributed by atoms with E-state index in [2.05, 4.69) is 43.1 Å². The van der Waals surface area contributed by atoms with Gasteiger partial charge < -0.3 is 10.8 Å². The van der Waals surface area contributed by atoms with E-state index in [0.29, 0.717) is 11.5 Å². The minimum Gasteiger partial charge on any atom is -0.381 e. The number of nitrogens with two attached hydrogens (primary N) is 1. The maximum atomic E-state index is 11.4. The predicted molar refractivity (Wildman–Crippen MR) is 114 cm³/mol. The topological polar surface area (TPSA) is 76.2 Å². The van der Waals surface area contributed by atoms with Gasteiger partial charge in [-0.3, -0.25) is 9.78 Å². The lowest BCUT2D eigenvalue weighted by molar-refractivity contribution is -0.123. The Balaban J connectivity index is 1.84. The smallest absolute Gasteiger partial charge is 0.162 e. The van der Waals surface area contributed by atoms with Crippen molar-refractivity contribution in [1.29, 1.82) is 0 Å². The van der Waals surface area contributed by atoms with E-state index in [1.807, 2.05) is 24.5 Å². The number of carbonyl (C=O) groups excluding carboxylic acids is 1. The summed E-state index contributed by atoms with van der Waals surface area (Å²) in [5, 5.41) is 12.3. The molecule has 4 heteroatoms. The zero-order chi connectivity index (χ0) is 20.5. The van der Waals surface area contributed by atoms with Crippen LogP contribution in [0.15, 0.2) is 60.0 Å². The minimum atomic E-state index is -1.05. The Morgan fingerprint density at radius 3 is 2.75 bits per heavy atom. The fourth-order valence-corrected chi connectivity index (χ4v) is 4.16. The fourth-order valence-electron chi connectivity index (χ4n) is 4.16. The lowest BCUT2D eigenvalue weighted by atomic mass is 9.65. The molecule has 0 aliphatic heterocycles. The second kappa shape index (κ2) is 7.98. The molecule has 148 valence electrons. The molecule has 3 N–H and O–H groups in total. The van der Waals surface area contributed by atoms with Crippen molar-refractivity contribution < 1.29 is 9.90 Å². The minimum absolute atomic E-state index is 0.0414. The van der Waals surface area contributed by atoms with Crippen LogP contribution in [0.25, 0.3) is 10.8 Å². The van der Waals surface area contributed by atoms with Crippen molar-refractivity contribution in [2.24, 2.45) is 11.1 Å². The fraction of sp³-hybridized carbons (Fsp3) is 0.417. The SMILES string of the molecule is CC(=O)[C@H](O)/C(C)=C/C1=CCC(C)([C@H](C)c2ccc3ccncc3c2)C[C@@H]1N. The third-order valence-electron chi connectivity index (χ3n) is 6.34. The molecule has 0 bridgehead atoms. The molecular weight excluding hydrogens is 348 g/mol. The Morgan fingerprint density at radius 1 is 1.32 bits per heavy atom. The quantitative estimate of drug-likeness (QED) is 0.814. The number of allylic oxidation sites excluding steroid dienone is 1. The molecule has 2 aromatic rings. The van der Waals surface area contributed by atoms with Crippen LogP contribution in [0, 0.1) is 5.41 Å². The molecule has 4 atom stereocenters. The van der Waals surface area contributed by atoms with Gasteiger partial charge in [0.1, 0.15) is 6.10 Å². The lowest BCUT2D eigenvalue weighted by Gasteiger charge is -2.41. The van der Waals surface area contributed by atoms with Gasteiger partial charge in [-0.1, -0.05) is 38.1 Å². The number of nitrogens with zero attached hydrogens (tertiary/aromatic N) is 1. The largest absolute Gasteiger partial charge is 0.381 e. The average Bonchev–Trinajstić information content (AvgIpc) is 2.68. The zero-order valence-electron chi connectivity index (χ0n) is 17.1. The van der Waals surface area contributed by atoms with Crippen molar-refractivity contribution in [2.45, 2.75) is 58.6 Å². The van der Waals surface area contributed by atoms with E-state index in [1.165, 1.54) is 17.9 Å². The Kier molecular flexibility index (Phi) is 5.82. The molecule has 1 aromatic heterocycles. The van der Waals surface area contributed by atoms with Gasteiger partial charge in [0.15, 0.2) is 5.78 Å². The number of aromatic nitrogens is 1. The van der Waals surface area contributed by atoms with Crippen LogP contribution in [0.5, 0.6) is 0 Å². The number of aliphatic hydroxyl groups is 1. The Morgan fingerprint density at radius 2 is 2.07 bits per heavy atom. The summed E-state index contributed by atoms with van der Waals surface area (Å²) in [4.78, 5) is 15.6. The van der Waals surface area contributed by atoms with Crippen molar-refractivity contribution in [2.75, 3.05) is 0 Å². The summed E-state index contributed by atoms with van der Waals surface area (Å²) < 4.78 is 0. The molecule has 0 saturated carbocycles. The zero-order valence-corrected chi connectivity index (χ0v) is 17.1. The molecule has 0 spiro atoms. The van der Waals surface area contributed by atoms with E-state index in [0.717, 1.165) is 23.8 Å². The summed E-state index contributed by atoms with van der Waals surface area (Å²) >= 11 is 0. The summed E-state index contributed by atoms with van der Waals surface area (Å²) in [6.07, 6.45) is 8.48.